The van der Waals surface area contributed by atoms with Gasteiger partial charge in [-0.15, -0.1) is 0 Å². The van der Waals surface area contributed by atoms with Gasteiger partial charge in [-0.05, 0) is 0 Å². The first-order chi connectivity index (χ1) is 26.9. The molecule has 0 spiro atoms. The van der Waals surface area contributed by atoms with Crippen molar-refractivity contribution < 1.29 is 45.2 Å². The molecule has 0 N–H and O–H groups in total. The third-order valence-corrected chi connectivity index (χ3v) is 33.6. The van der Waals surface area contributed by atoms with Crippen molar-refractivity contribution in [1.82, 2.24) is 0 Å². The molecule has 2 saturated carbocycles. The van der Waals surface area contributed by atoms with Gasteiger partial charge in [0.25, 0.3) is 0 Å². The molecule has 0 heterocycles. The van der Waals surface area contributed by atoms with E-state index in [9.17, 15) is 0 Å². The van der Waals surface area contributed by atoms with E-state index in [0.717, 1.165) is 11.8 Å². The topological polar surface area (TPSA) is 0 Å². The number of rotatable bonds is 8. The van der Waals surface area contributed by atoms with Crippen LogP contribution in [0.4, 0.5) is 0 Å². The zero-order chi connectivity index (χ0) is 39.2. The molecule has 0 radical (unpaired) electrons. The molecule has 0 nitrogen and oxygen atoms in total. The van der Waals surface area contributed by atoms with Crippen LogP contribution in [0.3, 0.4) is 0 Å². The molecule has 2 atom stereocenters. The number of halogens is 2. The summed E-state index contributed by atoms with van der Waals surface area (Å²) in [6, 6.07) is 34.1. The molecule has 0 aromatic heterocycles. The smallest absolute Gasteiger partial charge is 1.00 e. The molecular weight excluding hydrogens is 839 g/mol. The van der Waals surface area contributed by atoms with E-state index in [4.69, 9.17) is 0 Å². The fourth-order valence-electron chi connectivity index (χ4n) is 11.0. The molecule has 2 unspecified atom stereocenters. The molecule has 0 saturated heterocycles. The van der Waals surface area contributed by atoms with Crippen LogP contribution in [-0.4, -0.2) is 5.43 Å². The minimum absolute atomic E-state index is 0. The third kappa shape index (κ3) is 9.57. The summed E-state index contributed by atoms with van der Waals surface area (Å²) in [5.74, 6) is 1.71. The number of hydrogen-bond donors (Lipinski definition) is 0. The van der Waals surface area contributed by atoms with Crippen molar-refractivity contribution >= 4 is 17.6 Å². The van der Waals surface area contributed by atoms with Crippen molar-refractivity contribution in [2.45, 2.75) is 150 Å². The van der Waals surface area contributed by atoms with Crippen molar-refractivity contribution in [2.24, 2.45) is 11.8 Å². The summed E-state index contributed by atoms with van der Waals surface area (Å²) in [5.41, 5.74) is 18.5. The van der Waals surface area contributed by atoms with Crippen LogP contribution in [-0.2, 0) is 31.2 Å². The quantitative estimate of drug-likeness (QED) is 0.155. The van der Waals surface area contributed by atoms with Gasteiger partial charge in [-0.2, -0.15) is 0 Å². The Morgan fingerprint density at radius 3 is 1.19 bits per heavy atom. The maximum Gasteiger partial charge on any atom is -1.00 e. The van der Waals surface area contributed by atoms with Crippen LogP contribution in [0.2, 0.25) is 13.1 Å². The second-order valence-electron chi connectivity index (χ2n) is 20.4. The van der Waals surface area contributed by atoms with E-state index < -0.39 is 25.8 Å². The molecule has 0 bridgehead atoms. The molecule has 4 aliphatic carbocycles. The monoisotopic (exact) mass is 904 g/mol. The van der Waals surface area contributed by atoms with Gasteiger partial charge in [0, 0.05) is 0 Å². The van der Waals surface area contributed by atoms with Gasteiger partial charge in [-0.25, -0.2) is 0 Å². The summed E-state index contributed by atoms with van der Waals surface area (Å²) in [7, 11) is 0. The SMILES string of the molecule is C[Si](C)=[Zr+2]([CH]1C(CC2CCCCC2)=Cc2c(-c3ccc(C(C)(C)C)cc3)cccc21)[CH]1C(CC2CCCCC2)=Cc2c(-c3ccc(C(C)(C)C)cc3)cccc21.[Cl-].[Cl-]. The summed E-state index contributed by atoms with van der Waals surface area (Å²) in [6.45, 7) is 19.5. The zero-order valence-corrected chi connectivity index (χ0v) is 41.8. The van der Waals surface area contributed by atoms with E-state index in [0.29, 0.717) is 7.25 Å². The fraction of sp³-hybridized carbons (Fsp3) is 0.481. The average molecular weight is 907 g/mol. The normalized spacial score (nSPS) is 19.5. The van der Waals surface area contributed by atoms with Crippen LogP contribution < -0.4 is 24.8 Å². The summed E-state index contributed by atoms with van der Waals surface area (Å²) >= 11 is -2.33. The Morgan fingerprint density at radius 2 is 0.862 bits per heavy atom. The predicted octanol–water partition coefficient (Wildman–Crippen LogP) is 10.0. The number of hydrogen-bond acceptors (Lipinski definition) is 0. The minimum Gasteiger partial charge on any atom is -1.00 e. The standard InChI is InChI=1S/2C26H31.C2H6Si.2ClH.Zr/c2*1-26(2,3)23-14-12-21(13-15-23)24-11-7-10-22-17-20(18-25(22)24)16-19-8-5-4-6-9-19;1-3-2;;;/h2*7,10-15,17-19H,4-6,8-9,16H2,1-3H3;1-2H3;2*1H;/q;;;;;+2/p-2. The third-order valence-electron chi connectivity index (χ3n) is 14.1. The molecule has 4 aromatic carbocycles. The van der Waals surface area contributed by atoms with Gasteiger partial charge >= 0.3 is 351 Å². The summed E-state index contributed by atoms with van der Waals surface area (Å²) in [6.07, 6.45) is 22.5. The number of allylic oxidation sites excluding steroid dienone is 2. The van der Waals surface area contributed by atoms with Crippen LogP contribution in [0.25, 0.3) is 34.4 Å². The van der Waals surface area contributed by atoms with E-state index in [-0.39, 0.29) is 35.6 Å². The van der Waals surface area contributed by atoms with Crippen LogP contribution in [0, 0.1) is 11.8 Å². The Hall–Kier alpha value is -1.96. The van der Waals surface area contributed by atoms with Crippen molar-refractivity contribution in [1.29, 1.82) is 0 Å². The van der Waals surface area contributed by atoms with Crippen molar-refractivity contribution in [3.63, 3.8) is 0 Å². The number of fused-ring (bicyclic) bond motifs is 2. The van der Waals surface area contributed by atoms with E-state index in [2.05, 4.69) is 152 Å². The molecule has 306 valence electrons. The van der Waals surface area contributed by atoms with Crippen LogP contribution in [0.5, 0.6) is 0 Å². The van der Waals surface area contributed by atoms with Crippen LogP contribution in [0.15, 0.2) is 96.1 Å². The number of benzene rings is 4. The minimum atomic E-state index is -2.33. The molecule has 4 heteroatoms. The largest absolute Gasteiger partial charge is 1.00 e. The second kappa shape index (κ2) is 19.0. The van der Waals surface area contributed by atoms with Gasteiger partial charge in [0.05, 0.1) is 0 Å². The maximum atomic E-state index is 2.78. The fourth-order valence-corrected chi connectivity index (χ4v) is 31.4. The zero-order valence-electron chi connectivity index (χ0n) is 36.8. The predicted molar refractivity (Wildman–Crippen MR) is 242 cm³/mol. The van der Waals surface area contributed by atoms with Gasteiger partial charge in [-0.3, -0.25) is 0 Å². The Morgan fingerprint density at radius 1 is 0.500 bits per heavy atom. The first-order valence-corrected chi connectivity index (χ1v) is 31.4. The Kier molecular flexibility index (Phi) is 14.9. The van der Waals surface area contributed by atoms with Crippen LogP contribution >= 0.6 is 0 Å². The van der Waals surface area contributed by atoms with Crippen molar-refractivity contribution in [2.75, 3.05) is 0 Å². The summed E-state index contributed by atoms with van der Waals surface area (Å²) in [4.78, 5) is 0. The van der Waals surface area contributed by atoms with Gasteiger partial charge in [0.2, 0.25) is 0 Å². The summed E-state index contributed by atoms with van der Waals surface area (Å²) in [5, 5.41) is 0. The Balaban J connectivity index is 0.00000283. The van der Waals surface area contributed by atoms with E-state index in [1.54, 1.807) is 22.3 Å². The van der Waals surface area contributed by atoms with Crippen molar-refractivity contribution in [3.05, 3.63) is 129 Å². The second-order valence-corrected chi connectivity index (χ2v) is 38.3. The van der Waals surface area contributed by atoms with E-state index in [1.165, 1.54) is 110 Å². The first-order valence-electron chi connectivity index (χ1n) is 22.4. The van der Waals surface area contributed by atoms with E-state index in [1.807, 2.05) is 11.1 Å². The molecule has 58 heavy (non-hydrogen) atoms. The van der Waals surface area contributed by atoms with E-state index >= 15 is 0 Å². The molecular formula is C54H68Cl2SiZr. The molecule has 8 rings (SSSR count). The Labute approximate surface area is 373 Å². The van der Waals surface area contributed by atoms with Gasteiger partial charge in [0.1, 0.15) is 0 Å². The maximum absolute atomic E-state index is 2.78. The Bertz CT molecular complexity index is 1990. The van der Waals surface area contributed by atoms with Gasteiger partial charge in [-0.1, -0.05) is 0 Å². The molecule has 4 aliphatic rings. The van der Waals surface area contributed by atoms with Gasteiger partial charge < -0.3 is 24.8 Å². The van der Waals surface area contributed by atoms with Crippen LogP contribution in [0.1, 0.15) is 159 Å². The first kappa shape index (κ1) is 45.6. The molecule has 2 fully saturated rings. The average Bonchev–Trinajstić information content (AvgIpc) is 3.73. The molecule has 0 aliphatic heterocycles. The molecule has 4 aromatic rings. The molecule has 0 amide bonds. The van der Waals surface area contributed by atoms with Crippen molar-refractivity contribution in [3.8, 4) is 22.3 Å². The van der Waals surface area contributed by atoms with Gasteiger partial charge in [0.15, 0.2) is 0 Å². The summed E-state index contributed by atoms with van der Waals surface area (Å²) < 4.78 is 1.35.